The number of ether oxygens (including phenoxy) is 1. The number of rotatable bonds is 6. The molecule has 2 saturated heterocycles. The Balaban J connectivity index is 0.954. The normalized spacial score (nSPS) is 17.2. The lowest BCUT2D eigenvalue weighted by Gasteiger charge is -2.53. The zero-order valence-electron chi connectivity index (χ0n) is 28.7. The van der Waals surface area contributed by atoms with Crippen molar-refractivity contribution in [3.8, 4) is 10.4 Å². The number of nitrogens with one attached hydrogen (secondary N) is 2. The number of aromatic nitrogens is 1. The smallest absolute Gasteiger partial charge is 0.265 e. The van der Waals surface area contributed by atoms with Crippen molar-refractivity contribution in [1.29, 1.82) is 0 Å². The van der Waals surface area contributed by atoms with E-state index >= 15 is 0 Å². The van der Waals surface area contributed by atoms with Crippen LogP contribution in [-0.4, -0.2) is 54.5 Å². The molecule has 3 amide bonds. The van der Waals surface area contributed by atoms with Crippen molar-refractivity contribution >= 4 is 74.4 Å². The fourth-order valence-electron chi connectivity index (χ4n) is 7.48. The Hall–Kier alpha value is -5.76. The highest BCUT2D eigenvalue weighted by molar-refractivity contribution is 7.17. The van der Waals surface area contributed by atoms with E-state index in [-0.39, 0.29) is 46.0 Å². The van der Waals surface area contributed by atoms with Gasteiger partial charge in [0.1, 0.15) is 17.5 Å². The molecule has 2 unspecified atom stereocenters. The van der Waals surface area contributed by atoms with Crippen LogP contribution in [0.1, 0.15) is 42.4 Å². The first kappa shape index (κ1) is 35.0. The molecule has 6 aromatic rings. The van der Waals surface area contributed by atoms with Gasteiger partial charge in [0.2, 0.25) is 0 Å². The number of morpholine rings is 1. The fraction of sp³-hybridized carbons (Fsp3) is 0.171. The summed E-state index contributed by atoms with van der Waals surface area (Å²) in [5, 5.41) is 5.94. The second-order valence-corrected chi connectivity index (χ2v) is 15.1. The van der Waals surface area contributed by atoms with Crippen LogP contribution in [-0.2, 0) is 11.2 Å². The second kappa shape index (κ2) is 13.8. The monoisotopic (exact) mass is 779 g/mol. The van der Waals surface area contributed by atoms with Crippen molar-refractivity contribution in [3.63, 3.8) is 0 Å². The van der Waals surface area contributed by atoms with Crippen LogP contribution in [0, 0.1) is 17.5 Å². The Morgan fingerprint density at radius 2 is 1.64 bits per heavy atom. The molecule has 2 fully saturated rings. The number of amides is 3. The first-order valence-electron chi connectivity index (χ1n) is 17.5. The molecule has 2 atom stereocenters. The van der Waals surface area contributed by atoms with Gasteiger partial charge < -0.3 is 25.2 Å². The highest BCUT2D eigenvalue weighted by atomic mass is 35.5. The summed E-state index contributed by atoms with van der Waals surface area (Å²) in [5.41, 5.74) is 3.28. The molecule has 0 spiro atoms. The number of benzene rings is 4. The van der Waals surface area contributed by atoms with Crippen LogP contribution < -0.4 is 20.4 Å². The Morgan fingerprint density at radius 1 is 0.855 bits per heavy atom. The lowest BCUT2D eigenvalue weighted by atomic mass is 9.90. The Labute approximate surface area is 321 Å². The first-order valence-corrected chi connectivity index (χ1v) is 18.7. The number of nitrogens with zero attached hydrogens (tertiary/aromatic N) is 3. The summed E-state index contributed by atoms with van der Waals surface area (Å²) in [5.74, 6) is -3.19. The van der Waals surface area contributed by atoms with Gasteiger partial charge in [-0.3, -0.25) is 14.4 Å². The molecule has 0 saturated carbocycles. The van der Waals surface area contributed by atoms with E-state index in [2.05, 4.69) is 15.5 Å². The molecule has 3 aliphatic heterocycles. The van der Waals surface area contributed by atoms with Gasteiger partial charge in [-0.15, -0.1) is 11.3 Å². The predicted molar refractivity (Wildman–Crippen MR) is 206 cm³/mol. The van der Waals surface area contributed by atoms with E-state index in [1.54, 1.807) is 36.4 Å². The molecule has 3 aliphatic rings. The average Bonchev–Trinajstić information content (AvgIpc) is 3.54. The Bertz CT molecular complexity index is 2530. The highest BCUT2D eigenvalue weighted by Crippen LogP contribution is 2.43. The van der Waals surface area contributed by atoms with Gasteiger partial charge in [0.25, 0.3) is 17.7 Å². The van der Waals surface area contributed by atoms with Gasteiger partial charge in [0, 0.05) is 39.7 Å². The summed E-state index contributed by atoms with van der Waals surface area (Å²) in [4.78, 5) is 50.5. The number of anilines is 4. The number of carbonyl (C=O) groups is 3. The summed E-state index contributed by atoms with van der Waals surface area (Å²) in [7, 11) is 0. The number of para-hydroxylation sites is 1. The van der Waals surface area contributed by atoms with Crippen molar-refractivity contribution in [3.05, 3.63) is 135 Å². The van der Waals surface area contributed by atoms with E-state index in [4.69, 9.17) is 21.3 Å². The maximum atomic E-state index is 14.8. The minimum absolute atomic E-state index is 0.160. The predicted octanol–water partition coefficient (Wildman–Crippen LogP) is 8.72. The number of hydrogen-bond acceptors (Lipinski definition) is 7. The number of carbonyl (C=O) groups excluding carboxylic acids is 3. The van der Waals surface area contributed by atoms with Crippen LogP contribution in [0.2, 0.25) is 5.02 Å². The lowest BCUT2D eigenvalue weighted by Crippen LogP contribution is -2.64. The van der Waals surface area contributed by atoms with Gasteiger partial charge in [-0.25, -0.2) is 18.2 Å². The quantitative estimate of drug-likeness (QED) is 0.175. The van der Waals surface area contributed by atoms with E-state index in [0.717, 1.165) is 40.3 Å². The van der Waals surface area contributed by atoms with Crippen molar-refractivity contribution in [1.82, 2.24) is 4.98 Å². The van der Waals surface area contributed by atoms with Crippen molar-refractivity contribution < 1.29 is 32.3 Å². The van der Waals surface area contributed by atoms with Crippen molar-refractivity contribution in [2.24, 2.45) is 0 Å². The Kier molecular flexibility index (Phi) is 8.79. The summed E-state index contributed by atoms with van der Waals surface area (Å²) in [6, 6.07) is 23.6. The summed E-state index contributed by atoms with van der Waals surface area (Å²) in [6.45, 7) is 1.33. The minimum Gasteiger partial charge on any atom is -0.377 e. The third-order valence-corrected chi connectivity index (χ3v) is 11.7. The molecule has 0 aliphatic carbocycles. The summed E-state index contributed by atoms with van der Waals surface area (Å²) in [6.07, 6.45) is 1.32. The fourth-order valence-corrected chi connectivity index (χ4v) is 8.86. The first-order chi connectivity index (χ1) is 26.6. The van der Waals surface area contributed by atoms with E-state index in [1.807, 2.05) is 30.3 Å². The molecule has 2 N–H and O–H groups in total. The number of halogens is 4. The number of pyridine rings is 1. The van der Waals surface area contributed by atoms with Gasteiger partial charge in [-0.2, -0.15) is 0 Å². The van der Waals surface area contributed by atoms with E-state index < -0.39 is 23.4 Å². The molecule has 14 heteroatoms. The van der Waals surface area contributed by atoms with Crippen LogP contribution in [0.25, 0.3) is 21.3 Å². The van der Waals surface area contributed by atoms with Gasteiger partial charge in [0.05, 0.1) is 57.7 Å². The molecule has 2 aromatic heterocycles. The van der Waals surface area contributed by atoms with Crippen LogP contribution in [0.15, 0.2) is 91.0 Å². The van der Waals surface area contributed by atoms with Gasteiger partial charge in [-0.1, -0.05) is 29.8 Å². The molecule has 9 nitrogen and oxygen atoms in total. The molecule has 5 heterocycles. The molecular formula is C41H29ClF3N5O4S. The zero-order valence-corrected chi connectivity index (χ0v) is 30.3. The third kappa shape index (κ3) is 6.37. The SMILES string of the molecule is O=C(Nc1c(F)cc(F)cc1Cl)c1cc2c(s1)-c1ccc(F)cc1N(C(=O)c1ccc(NC(=O)c3cc4ccccc4nc3N3C4COCC3C4)cc1)CC2. The summed E-state index contributed by atoms with van der Waals surface area (Å²) < 4.78 is 48.4. The molecule has 0 radical (unpaired) electrons. The van der Waals surface area contributed by atoms with Crippen molar-refractivity contribution in [2.75, 3.05) is 40.2 Å². The van der Waals surface area contributed by atoms with Gasteiger partial charge in [-0.05, 0) is 85.1 Å². The second-order valence-electron chi connectivity index (χ2n) is 13.6. The molecule has 9 rings (SSSR count). The Morgan fingerprint density at radius 3 is 2.40 bits per heavy atom. The van der Waals surface area contributed by atoms with Crippen LogP contribution in [0.5, 0.6) is 0 Å². The molecule has 4 aromatic carbocycles. The minimum atomic E-state index is -1.02. The van der Waals surface area contributed by atoms with Crippen molar-refractivity contribution in [2.45, 2.75) is 24.9 Å². The zero-order chi connectivity index (χ0) is 38.0. The van der Waals surface area contributed by atoms with Gasteiger partial charge in [0.15, 0.2) is 5.82 Å². The molecule has 276 valence electrons. The summed E-state index contributed by atoms with van der Waals surface area (Å²) >= 11 is 7.09. The van der Waals surface area contributed by atoms with Gasteiger partial charge >= 0.3 is 0 Å². The average molecular weight is 780 g/mol. The maximum absolute atomic E-state index is 14.8. The number of hydrogen-bond donors (Lipinski definition) is 2. The van der Waals surface area contributed by atoms with Crippen LogP contribution in [0.3, 0.4) is 0 Å². The molecule has 55 heavy (non-hydrogen) atoms. The van der Waals surface area contributed by atoms with Crippen LogP contribution in [0.4, 0.5) is 36.1 Å². The maximum Gasteiger partial charge on any atom is 0.265 e. The van der Waals surface area contributed by atoms with E-state index in [9.17, 15) is 27.6 Å². The third-order valence-electron chi connectivity index (χ3n) is 10.2. The highest BCUT2D eigenvalue weighted by Gasteiger charge is 2.44. The van der Waals surface area contributed by atoms with Crippen LogP contribution >= 0.6 is 22.9 Å². The molecule has 2 bridgehead atoms. The number of thiophene rings is 1. The van der Waals surface area contributed by atoms with E-state index in [1.165, 1.54) is 17.0 Å². The lowest BCUT2D eigenvalue weighted by molar-refractivity contribution is 0.00964. The standard InChI is InChI=1S/C41H29ClF3N5O4S/c42-31-15-25(44)16-32(45)36(31)48-40(52)35-14-23-11-12-49(34-17-24(43)7-10-29(34)37(23)55-35)41(53)21-5-8-26(9-6-21)46-39(51)30-13-22-3-1-2-4-33(22)47-38(30)50-27-18-28(50)20-54-19-27/h1-10,13-17,27-28H,11-12,18-20H2,(H,46,51)(H,48,52). The number of fused-ring (bicyclic) bond motifs is 6. The van der Waals surface area contributed by atoms with E-state index in [0.29, 0.717) is 64.5 Å². The molecular weight excluding hydrogens is 751 g/mol. The largest absolute Gasteiger partial charge is 0.377 e. The topological polar surface area (TPSA) is 104 Å².